The van der Waals surface area contributed by atoms with Crippen molar-refractivity contribution in [2.24, 2.45) is 0 Å². The van der Waals surface area contributed by atoms with Gasteiger partial charge >= 0.3 is 0 Å². The Labute approximate surface area is 174 Å². The molecule has 0 radical (unpaired) electrons. The van der Waals surface area contributed by atoms with E-state index in [0.717, 1.165) is 0 Å². The fourth-order valence-corrected chi connectivity index (χ4v) is 2.59. The van der Waals surface area contributed by atoms with Crippen LogP contribution in [0.4, 0.5) is 5.69 Å². The molecule has 0 unspecified atom stereocenters. The zero-order chi connectivity index (χ0) is 21.2. The van der Waals surface area contributed by atoms with Gasteiger partial charge in [0.2, 0.25) is 11.8 Å². The Bertz CT molecular complexity index is 1030. The van der Waals surface area contributed by atoms with E-state index < -0.39 is 0 Å². The largest absolute Gasteiger partial charge is 0.493 e. The van der Waals surface area contributed by atoms with Gasteiger partial charge in [0.15, 0.2) is 11.5 Å². The van der Waals surface area contributed by atoms with Crippen molar-refractivity contribution >= 4 is 11.6 Å². The third-order valence-electron chi connectivity index (χ3n) is 3.98. The van der Waals surface area contributed by atoms with Crippen LogP contribution in [0.25, 0.3) is 0 Å². The minimum atomic E-state index is -0.137. The number of carbonyl (C=O) groups is 1. The molecule has 8 heteroatoms. The molecule has 3 aromatic rings. The van der Waals surface area contributed by atoms with E-state index in [-0.39, 0.29) is 12.3 Å². The Morgan fingerprint density at radius 3 is 2.83 bits per heavy atom. The lowest BCUT2D eigenvalue weighted by Crippen LogP contribution is -2.13. The minimum absolute atomic E-state index is 0.137. The van der Waals surface area contributed by atoms with Crippen LogP contribution >= 0.6 is 0 Å². The Balaban J connectivity index is 1.46. The van der Waals surface area contributed by atoms with Gasteiger partial charge in [-0.05, 0) is 30.7 Å². The van der Waals surface area contributed by atoms with Crippen molar-refractivity contribution < 1.29 is 19.0 Å². The fourth-order valence-electron chi connectivity index (χ4n) is 2.59. The molecule has 0 saturated carbocycles. The number of hydrogen-bond donors (Lipinski definition) is 1. The quantitative estimate of drug-likeness (QED) is 0.538. The van der Waals surface area contributed by atoms with Crippen molar-refractivity contribution in [3.63, 3.8) is 0 Å². The summed E-state index contributed by atoms with van der Waals surface area (Å²) in [5.74, 6) is 1.80. The summed E-state index contributed by atoms with van der Waals surface area (Å²) < 4.78 is 16.5. The van der Waals surface area contributed by atoms with Crippen LogP contribution in [0.1, 0.15) is 18.4 Å². The topological polar surface area (TPSA) is 106 Å². The highest BCUT2D eigenvalue weighted by Crippen LogP contribution is 2.28. The lowest BCUT2D eigenvalue weighted by molar-refractivity contribution is -0.116. The summed E-state index contributed by atoms with van der Waals surface area (Å²) in [6, 6.07) is 14.0. The van der Waals surface area contributed by atoms with Gasteiger partial charge in [-0.1, -0.05) is 6.07 Å². The van der Waals surface area contributed by atoms with E-state index in [4.69, 9.17) is 19.5 Å². The van der Waals surface area contributed by atoms with Crippen LogP contribution in [0.15, 0.2) is 61.1 Å². The summed E-state index contributed by atoms with van der Waals surface area (Å²) in [6.45, 7) is 0.339. The van der Waals surface area contributed by atoms with Crippen molar-refractivity contribution in [2.45, 2.75) is 12.8 Å². The molecule has 1 aromatic heterocycles. The molecule has 152 valence electrons. The van der Waals surface area contributed by atoms with E-state index in [2.05, 4.69) is 15.3 Å². The highest BCUT2D eigenvalue weighted by Gasteiger charge is 2.08. The van der Waals surface area contributed by atoms with E-state index >= 15 is 0 Å². The summed E-state index contributed by atoms with van der Waals surface area (Å²) >= 11 is 0. The van der Waals surface area contributed by atoms with Crippen LogP contribution in [0.5, 0.6) is 23.1 Å². The highest BCUT2D eigenvalue weighted by molar-refractivity contribution is 5.90. The summed E-state index contributed by atoms with van der Waals surface area (Å²) in [6.07, 6.45) is 5.41. The summed E-state index contributed by atoms with van der Waals surface area (Å²) in [4.78, 5) is 20.2. The lowest BCUT2D eigenvalue weighted by atomic mass is 10.2. The molecule has 0 atom stereocenters. The molecule has 1 amide bonds. The van der Waals surface area contributed by atoms with Gasteiger partial charge in [-0.2, -0.15) is 5.26 Å². The summed E-state index contributed by atoms with van der Waals surface area (Å²) in [5, 5.41) is 11.8. The molecular weight excluding hydrogens is 384 g/mol. The molecule has 0 spiro atoms. The number of carbonyl (C=O) groups excluding carboxylic acids is 1. The average Bonchev–Trinajstić information content (AvgIpc) is 2.77. The van der Waals surface area contributed by atoms with Gasteiger partial charge in [-0.25, -0.2) is 4.98 Å². The van der Waals surface area contributed by atoms with E-state index in [1.165, 1.54) is 19.5 Å². The number of aromatic nitrogens is 2. The Kier molecular flexibility index (Phi) is 7.17. The van der Waals surface area contributed by atoms with Gasteiger partial charge in [0.05, 0.1) is 31.5 Å². The second kappa shape index (κ2) is 10.4. The lowest BCUT2D eigenvalue weighted by Gasteiger charge is -2.11. The summed E-state index contributed by atoms with van der Waals surface area (Å²) in [7, 11) is 1.51. The third-order valence-corrected chi connectivity index (χ3v) is 3.98. The number of nitrogens with one attached hydrogen (secondary N) is 1. The van der Waals surface area contributed by atoms with Crippen LogP contribution in [0, 0.1) is 11.3 Å². The number of methoxy groups -OCH3 is 1. The van der Waals surface area contributed by atoms with Crippen molar-refractivity contribution in [3.8, 4) is 29.2 Å². The van der Waals surface area contributed by atoms with Gasteiger partial charge < -0.3 is 19.5 Å². The molecule has 30 heavy (non-hydrogen) atoms. The van der Waals surface area contributed by atoms with Crippen molar-refractivity contribution in [2.75, 3.05) is 19.0 Å². The smallest absolute Gasteiger partial charge is 0.237 e. The van der Waals surface area contributed by atoms with Crippen LogP contribution in [-0.4, -0.2) is 29.6 Å². The molecule has 0 fully saturated rings. The molecule has 1 N–H and O–H groups in total. The van der Waals surface area contributed by atoms with Gasteiger partial charge in [0, 0.05) is 36.6 Å². The van der Waals surface area contributed by atoms with Crippen LogP contribution in [0.2, 0.25) is 0 Å². The number of rotatable bonds is 9. The predicted molar refractivity (Wildman–Crippen MR) is 110 cm³/mol. The Morgan fingerprint density at radius 1 is 1.17 bits per heavy atom. The number of benzene rings is 2. The molecule has 0 aliphatic heterocycles. The zero-order valence-corrected chi connectivity index (χ0v) is 16.4. The first-order chi connectivity index (χ1) is 14.7. The standard InChI is InChI=1S/C22H20N4O4/c1-28-20-12-16(14-23)7-8-19(20)29-11-3-6-21(27)26-17-4-2-5-18(13-17)30-22-15-24-9-10-25-22/h2,4-5,7-10,12-13,15H,3,6,11H2,1H3,(H,26,27). The normalized spacial score (nSPS) is 10.0. The van der Waals surface area contributed by atoms with Gasteiger partial charge in [-0.15, -0.1) is 0 Å². The summed E-state index contributed by atoms with van der Waals surface area (Å²) in [5.41, 5.74) is 1.11. The number of amides is 1. The first-order valence-corrected chi connectivity index (χ1v) is 9.22. The molecule has 2 aromatic carbocycles. The molecule has 8 nitrogen and oxygen atoms in total. The van der Waals surface area contributed by atoms with Crippen molar-refractivity contribution in [3.05, 3.63) is 66.6 Å². The van der Waals surface area contributed by atoms with Crippen molar-refractivity contribution in [1.29, 1.82) is 5.26 Å². The van der Waals surface area contributed by atoms with E-state index in [1.807, 2.05) is 6.07 Å². The number of ether oxygens (including phenoxy) is 3. The van der Waals surface area contributed by atoms with Crippen LogP contribution in [-0.2, 0) is 4.79 Å². The monoisotopic (exact) mass is 404 g/mol. The average molecular weight is 404 g/mol. The van der Waals surface area contributed by atoms with Crippen LogP contribution < -0.4 is 19.5 Å². The zero-order valence-electron chi connectivity index (χ0n) is 16.4. The van der Waals surface area contributed by atoms with E-state index in [0.29, 0.717) is 47.4 Å². The number of hydrogen-bond acceptors (Lipinski definition) is 7. The molecule has 3 rings (SSSR count). The van der Waals surface area contributed by atoms with Gasteiger partial charge in [0.25, 0.3) is 0 Å². The maximum absolute atomic E-state index is 12.2. The number of nitrogens with zero attached hydrogens (tertiary/aromatic N) is 3. The van der Waals surface area contributed by atoms with Crippen molar-refractivity contribution in [1.82, 2.24) is 9.97 Å². The number of anilines is 1. The molecular formula is C22H20N4O4. The first-order valence-electron chi connectivity index (χ1n) is 9.22. The van der Waals surface area contributed by atoms with Gasteiger partial charge in [0.1, 0.15) is 5.75 Å². The molecule has 0 aliphatic carbocycles. The first kappa shape index (κ1) is 20.6. The second-order valence-electron chi connectivity index (χ2n) is 6.15. The highest BCUT2D eigenvalue weighted by atomic mass is 16.5. The van der Waals surface area contributed by atoms with Gasteiger partial charge in [-0.3, -0.25) is 9.78 Å². The molecule has 1 heterocycles. The van der Waals surface area contributed by atoms with E-state index in [9.17, 15) is 4.79 Å². The Hall–Kier alpha value is -4.12. The second-order valence-corrected chi connectivity index (χ2v) is 6.15. The predicted octanol–water partition coefficient (Wildman–Crippen LogP) is 3.95. The SMILES string of the molecule is COc1cc(C#N)ccc1OCCCC(=O)Nc1cccc(Oc2cnccn2)c1. The van der Waals surface area contributed by atoms with E-state index in [1.54, 1.807) is 48.7 Å². The third kappa shape index (κ3) is 5.94. The van der Waals surface area contributed by atoms with Crippen LogP contribution in [0.3, 0.4) is 0 Å². The fraction of sp³-hybridized carbons (Fsp3) is 0.182. The number of nitriles is 1. The molecule has 0 saturated heterocycles. The maximum atomic E-state index is 12.2. The molecule has 0 bridgehead atoms. The maximum Gasteiger partial charge on any atom is 0.237 e. The minimum Gasteiger partial charge on any atom is -0.493 e. The Morgan fingerprint density at radius 2 is 2.07 bits per heavy atom. The molecule has 0 aliphatic rings.